The SMILES string of the molecule is Nc1c(Cl)cc(C(=O)N2CCCC2c2ccsc2)cc1Cl. The number of rotatable bonds is 2. The quantitative estimate of drug-likeness (QED) is 0.811. The summed E-state index contributed by atoms with van der Waals surface area (Å²) in [5, 5.41) is 4.76. The molecule has 1 saturated heterocycles. The highest BCUT2D eigenvalue weighted by Crippen LogP contribution is 2.36. The zero-order valence-electron chi connectivity index (χ0n) is 11.2. The van der Waals surface area contributed by atoms with Crippen LogP contribution in [0.4, 0.5) is 5.69 Å². The van der Waals surface area contributed by atoms with Crippen molar-refractivity contribution in [2.75, 3.05) is 12.3 Å². The van der Waals surface area contributed by atoms with E-state index in [-0.39, 0.29) is 11.9 Å². The molecular weight excluding hydrogens is 327 g/mol. The molecule has 0 radical (unpaired) electrons. The predicted molar refractivity (Wildman–Crippen MR) is 88.2 cm³/mol. The first-order valence-corrected chi connectivity index (χ1v) is 8.35. The number of halogens is 2. The van der Waals surface area contributed by atoms with Crippen LogP contribution in [-0.4, -0.2) is 17.4 Å². The lowest BCUT2D eigenvalue weighted by Gasteiger charge is -2.24. The van der Waals surface area contributed by atoms with Crippen molar-refractivity contribution in [2.24, 2.45) is 0 Å². The molecular formula is C15H14Cl2N2OS. The number of benzene rings is 1. The Bertz CT molecular complexity index is 649. The Balaban J connectivity index is 1.91. The number of nitrogens with two attached hydrogens (primary N) is 1. The van der Waals surface area contributed by atoms with Gasteiger partial charge in [-0.15, -0.1) is 0 Å². The highest BCUT2D eigenvalue weighted by atomic mass is 35.5. The summed E-state index contributed by atoms with van der Waals surface area (Å²) in [7, 11) is 0. The van der Waals surface area contributed by atoms with Crippen LogP contribution in [0, 0.1) is 0 Å². The van der Waals surface area contributed by atoms with Gasteiger partial charge >= 0.3 is 0 Å². The summed E-state index contributed by atoms with van der Waals surface area (Å²) in [6.45, 7) is 0.749. The maximum absolute atomic E-state index is 12.7. The average Bonchev–Trinajstić information content (AvgIpc) is 3.13. The van der Waals surface area contributed by atoms with Gasteiger partial charge in [-0.3, -0.25) is 4.79 Å². The van der Waals surface area contributed by atoms with E-state index in [0.717, 1.165) is 19.4 Å². The highest BCUT2D eigenvalue weighted by molar-refractivity contribution is 7.08. The Labute approximate surface area is 137 Å². The largest absolute Gasteiger partial charge is 0.396 e. The second-order valence-electron chi connectivity index (χ2n) is 5.07. The van der Waals surface area contributed by atoms with Crippen LogP contribution in [0.3, 0.4) is 0 Å². The number of anilines is 1. The highest BCUT2D eigenvalue weighted by Gasteiger charge is 2.31. The maximum atomic E-state index is 12.7. The summed E-state index contributed by atoms with van der Waals surface area (Å²) in [5.41, 5.74) is 7.71. The number of hydrogen-bond acceptors (Lipinski definition) is 3. The van der Waals surface area contributed by atoms with E-state index < -0.39 is 0 Å². The van der Waals surface area contributed by atoms with Crippen LogP contribution >= 0.6 is 34.5 Å². The predicted octanol–water partition coefficient (Wildman–Crippen LogP) is 4.61. The molecule has 1 fully saturated rings. The third-order valence-corrected chi connectivity index (χ3v) is 5.09. The Morgan fingerprint density at radius 2 is 2.05 bits per heavy atom. The van der Waals surface area contributed by atoms with E-state index in [1.54, 1.807) is 23.5 Å². The lowest BCUT2D eigenvalue weighted by Crippen LogP contribution is -2.30. The number of carbonyl (C=O) groups excluding carboxylic acids is 1. The summed E-state index contributed by atoms with van der Waals surface area (Å²) in [6, 6.07) is 5.39. The van der Waals surface area contributed by atoms with E-state index in [9.17, 15) is 4.79 Å². The van der Waals surface area contributed by atoms with Gasteiger partial charge in [0.15, 0.2) is 0 Å². The summed E-state index contributed by atoms with van der Waals surface area (Å²) in [4.78, 5) is 14.6. The van der Waals surface area contributed by atoms with Gasteiger partial charge < -0.3 is 10.6 Å². The fourth-order valence-electron chi connectivity index (χ4n) is 2.69. The Morgan fingerprint density at radius 3 is 2.67 bits per heavy atom. The van der Waals surface area contributed by atoms with Crippen LogP contribution in [-0.2, 0) is 0 Å². The number of likely N-dealkylation sites (tertiary alicyclic amines) is 1. The van der Waals surface area contributed by atoms with E-state index in [1.165, 1.54) is 5.56 Å². The molecule has 1 unspecified atom stereocenters. The molecule has 1 amide bonds. The van der Waals surface area contributed by atoms with E-state index >= 15 is 0 Å². The number of hydrogen-bond donors (Lipinski definition) is 1. The van der Waals surface area contributed by atoms with E-state index in [2.05, 4.69) is 11.4 Å². The van der Waals surface area contributed by atoms with Gasteiger partial charge in [-0.2, -0.15) is 11.3 Å². The van der Waals surface area contributed by atoms with Crippen molar-refractivity contribution in [3.05, 3.63) is 50.1 Å². The van der Waals surface area contributed by atoms with Gasteiger partial charge in [0.2, 0.25) is 0 Å². The zero-order valence-corrected chi connectivity index (χ0v) is 13.5. The third kappa shape index (κ3) is 2.76. The number of nitrogen functional groups attached to an aromatic ring is 1. The summed E-state index contributed by atoms with van der Waals surface area (Å²) in [5.74, 6) is -0.0486. The molecule has 110 valence electrons. The van der Waals surface area contributed by atoms with Crippen LogP contribution < -0.4 is 5.73 Å². The molecule has 6 heteroatoms. The molecule has 0 saturated carbocycles. The normalized spacial score (nSPS) is 18.2. The molecule has 1 aromatic heterocycles. The number of amides is 1. The Morgan fingerprint density at radius 1 is 1.33 bits per heavy atom. The second kappa shape index (κ2) is 5.87. The minimum atomic E-state index is -0.0486. The van der Waals surface area contributed by atoms with Crippen molar-refractivity contribution in [1.29, 1.82) is 0 Å². The van der Waals surface area contributed by atoms with E-state index in [0.29, 0.717) is 21.3 Å². The van der Waals surface area contributed by atoms with Crippen molar-refractivity contribution >= 4 is 46.1 Å². The second-order valence-corrected chi connectivity index (χ2v) is 6.66. The molecule has 3 nitrogen and oxygen atoms in total. The molecule has 1 aliphatic rings. The lowest BCUT2D eigenvalue weighted by atomic mass is 10.1. The van der Waals surface area contributed by atoms with Gasteiger partial charge in [0.05, 0.1) is 21.8 Å². The van der Waals surface area contributed by atoms with E-state index in [1.807, 2.05) is 10.3 Å². The average molecular weight is 341 g/mol. The van der Waals surface area contributed by atoms with Gasteiger partial charge in [0.1, 0.15) is 0 Å². The molecule has 3 rings (SSSR count). The van der Waals surface area contributed by atoms with Crippen LogP contribution in [0.25, 0.3) is 0 Å². The van der Waals surface area contributed by atoms with Crippen molar-refractivity contribution in [3.63, 3.8) is 0 Å². The van der Waals surface area contributed by atoms with Gasteiger partial charge in [-0.25, -0.2) is 0 Å². The molecule has 1 aliphatic heterocycles. The summed E-state index contributed by atoms with van der Waals surface area (Å²) in [6.07, 6.45) is 1.99. The molecule has 21 heavy (non-hydrogen) atoms. The number of thiophene rings is 1. The standard InChI is InChI=1S/C15H14Cl2N2OS/c16-11-6-10(7-12(17)14(11)18)15(20)19-4-1-2-13(19)9-3-5-21-8-9/h3,5-8,13H,1-2,4,18H2. The van der Waals surface area contributed by atoms with Gasteiger partial charge in [-0.05, 0) is 47.4 Å². The first kappa shape index (κ1) is 14.7. The van der Waals surface area contributed by atoms with Gasteiger partial charge in [0.25, 0.3) is 5.91 Å². The summed E-state index contributed by atoms with van der Waals surface area (Å²) >= 11 is 13.7. The molecule has 2 heterocycles. The molecule has 2 N–H and O–H groups in total. The Kier molecular flexibility index (Phi) is 4.11. The third-order valence-electron chi connectivity index (χ3n) is 3.77. The minimum Gasteiger partial charge on any atom is -0.396 e. The van der Waals surface area contributed by atoms with Gasteiger partial charge in [0, 0.05) is 12.1 Å². The molecule has 1 atom stereocenters. The zero-order chi connectivity index (χ0) is 15.0. The molecule has 0 spiro atoms. The topological polar surface area (TPSA) is 46.3 Å². The smallest absolute Gasteiger partial charge is 0.254 e. The fraction of sp³-hybridized carbons (Fsp3) is 0.267. The van der Waals surface area contributed by atoms with Crippen LogP contribution in [0.15, 0.2) is 29.0 Å². The first-order valence-electron chi connectivity index (χ1n) is 6.65. The molecule has 2 aromatic rings. The monoisotopic (exact) mass is 340 g/mol. The number of nitrogens with zero attached hydrogens (tertiary/aromatic N) is 1. The molecule has 0 bridgehead atoms. The molecule has 1 aromatic carbocycles. The first-order chi connectivity index (χ1) is 10.1. The van der Waals surface area contributed by atoms with Crippen molar-refractivity contribution in [3.8, 4) is 0 Å². The van der Waals surface area contributed by atoms with Crippen molar-refractivity contribution in [2.45, 2.75) is 18.9 Å². The lowest BCUT2D eigenvalue weighted by molar-refractivity contribution is 0.0736. The summed E-state index contributed by atoms with van der Waals surface area (Å²) < 4.78 is 0. The van der Waals surface area contributed by atoms with E-state index in [4.69, 9.17) is 28.9 Å². The molecule has 0 aliphatic carbocycles. The van der Waals surface area contributed by atoms with Crippen LogP contribution in [0.1, 0.15) is 34.8 Å². The van der Waals surface area contributed by atoms with Gasteiger partial charge in [-0.1, -0.05) is 23.2 Å². The van der Waals surface area contributed by atoms with Crippen molar-refractivity contribution < 1.29 is 4.79 Å². The fourth-order valence-corrected chi connectivity index (χ4v) is 3.89. The van der Waals surface area contributed by atoms with Crippen LogP contribution in [0.5, 0.6) is 0 Å². The Hall–Kier alpha value is -1.23. The maximum Gasteiger partial charge on any atom is 0.254 e. The minimum absolute atomic E-state index is 0.0486. The van der Waals surface area contributed by atoms with Crippen LogP contribution in [0.2, 0.25) is 10.0 Å². The van der Waals surface area contributed by atoms with Crippen molar-refractivity contribution in [1.82, 2.24) is 4.90 Å². The number of carbonyl (C=O) groups is 1.